The number of benzene rings is 1. The Kier molecular flexibility index (Phi) is 2.92. The van der Waals surface area contributed by atoms with E-state index in [0.717, 1.165) is 49.9 Å². The molecule has 3 heterocycles. The summed E-state index contributed by atoms with van der Waals surface area (Å²) in [5.74, 6) is 3.12. The van der Waals surface area contributed by atoms with Crippen molar-refractivity contribution in [3.8, 4) is 5.75 Å². The molecule has 104 valence electrons. The number of hydrogen-bond acceptors (Lipinski definition) is 4. The number of nitrogens with one attached hydrogen (secondary N) is 1. The molecular formula is C15H17N3O2. The summed E-state index contributed by atoms with van der Waals surface area (Å²) in [7, 11) is 0. The first-order valence-electron chi connectivity index (χ1n) is 7.14. The van der Waals surface area contributed by atoms with E-state index in [1.54, 1.807) is 0 Å². The average molecular weight is 271 g/mol. The Morgan fingerprint density at radius 3 is 2.85 bits per heavy atom. The SMILES string of the molecule is c1ccc2c(c1)C[C@@H](c1nc(C3CCOCC3)n[nH]1)O2. The number of aromatic nitrogens is 3. The molecule has 0 aliphatic carbocycles. The van der Waals surface area contributed by atoms with E-state index in [2.05, 4.69) is 21.2 Å². The number of aromatic amines is 1. The van der Waals surface area contributed by atoms with Crippen LogP contribution in [0.25, 0.3) is 0 Å². The second-order valence-electron chi connectivity index (χ2n) is 5.38. The van der Waals surface area contributed by atoms with Crippen molar-refractivity contribution in [3.63, 3.8) is 0 Å². The van der Waals surface area contributed by atoms with E-state index in [9.17, 15) is 0 Å². The van der Waals surface area contributed by atoms with Crippen LogP contribution in [0.4, 0.5) is 0 Å². The van der Waals surface area contributed by atoms with Gasteiger partial charge in [0.25, 0.3) is 0 Å². The molecule has 0 saturated carbocycles. The van der Waals surface area contributed by atoms with Gasteiger partial charge in [0, 0.05) is 25.6 Å². The van der Waals surface area contributed by atoms with E-state index >= 15 is 0 Å². The van der Waals surface area contributed by atoms with E-state index in [4.69, 9.17) is 9.47 Å². The van der Waals surface area contributed by atoms with Crippen molar-refractivity contribution >= 4 is 0 Å². The molecule has 1 aromatic heterocycles. The Morgan fingerprint density at radius 2 is 2.00 bits per heavy atom. The first-order valence-corrected chi connectivity index (χ1v) is 7.14. The van der Waals surface area contributed by atoms with Crippen LogP contribution in [0.5, 0.6) is 5.75 Å². The highest BCUT2D eigenvalue weighted by Gasteiger charge is 2.28. The van der Waals surface area contributed by atoms with Gasteiger partial charge < -0.3 is 9.47 Å². The molecule has 0 radical (unpaired) electrons. The Bertz CT molecular complexity index is 580. The molecule has 20 heavy (non-hydrogen) atoms. The number of nitrogens with zero attached hydrogens (tertiary/aromatic N) is 2. The third kappa shape index (κ3) is 2.08. The average Bonchev–Trinajstić information content (AvgIpc) is 3.14. The predicted octanol–water partition coefficient (Wildman–Crippen LogP) is 2.37. The van der Waals surface area contributed by atoms with Gasteiger partial charge in [-0.3, -0.25) is 5.10 Å². The summed E-state index contributed by atoms with van der Waals surface area (Å²) in [6, 6.07) is 8.14. The van der Waals surface area contributed by atoms with Gasteiger partial charge in [0.05, 0.1) is 0 Å². The molecule has 0 bridgehead atoms. The smallest absolute Gasteiger partial charge is 0.166 e. The van der Waals surface area contributed by atoms with Crippen LogP contribution in [-0.4, -0.2) is 28.4 Å². The number of ether oxygens (including phenoxy) is 2. The lowest BCUT2D eigenvalue weighted by Crippen LogP contribution is -2.15. The molecule has 5 nitrogen and oxygen atoms in total. The van der Waals surface area contributed by atoms with Gasteiger partial charge in [0.15, 0.2) is 17.8 Å². The zero-order valence-corrected chi connectivity index (χ0v) is 11.2. The van der Waals surface area contributed by atoms with Crippen LogP contribution in [0.1, 0.15) is 42.1 Å². The standard InChI is InChI=1S/C15H17N3O2/c1-2-4-12-11(3-1)9-13(20-12)15-16-14(17-18-15)10-5-7-19-8-6-10/h1-4,10,13H,5-9H2,(H,16,17,18)/t13-/m0/s1. The normalized spacial score (nSPS) is 22.5. The molecule has 4 rings (SSSR count). The maximum absolute atomic E-state index is 5.94. The summed E-state index contributed by atoms with van der Waals surface area (Å²) in [4.78, 5) is 4.65. The molecule has 1 fully saturated rings. The molecule has 5 heteroatoms. The fourth-order valence-corrected chi connectivity index (χ4v) is 2.90. The summed E-state index contributed by atoms with van der Waals surface area (Å²) in [6.07, 6.45) is 2.83. The van der Waals surface area contributed by atoms with Crippen molar-refractivity contribution in [2.75, 3.05) is 13.2 Å². The first-order chi connectivity index (χ1) is 9.90. The summed E-state index contributed by atoms with van der Waals surface area (Å²) >= 11 is 0. The fraction of sp³-hybridized carbons (Fsp3) is 0.467. The van der Waals surface area contributed by atoms with Crippen molar-refractivity contribution < 1.29 is 9.47 Å². The second kappa shape index (κ2) is 4.90. The summed E-state index contributed by atoms with van der Waals surface area (Å²) < 4.78 is 11.3. The van der Waals surface area contributed by atoms with Crippen molar-refractivity contribution in [2.45, 2.75) is 31.3 Å². The van der Waals surface area contributed by atoms with Gasteiger partial charge in [-0.25, -0.2) is 4.98 Å². The Balaban J connectivity index is 1.52. The first kappa shape index (κ1) is 11.9. The monoisotopic (exact) mass is 271 g/mol. The minimum Gasteiger partial charge on any atom is -0.482 e. The summed E-state index contributed by atoms with van der Waals surface area (Å²) in [5.41, 5.74) is 1.24. The van der Waals surface area contributed by atoms with E-state index in [0.29, 0.717) is 5.92 Å². The third-order valence-electron chi connectivity index (χ3n) is 4.06. The fourth-order valence-electron chi connectivity index (χ4n) is 2.90. The van der Waals surface area contributed by atoms with Crippen LogP contribution in [0, 0.1) is 0 Å². The molecule has 2 aliphatic heterocycles. The van der Waals surface area contributed by atoms with E-state index < -0.39 is 0 Å². The predicted molar refractivity (Wildman–Crippen MR) is 72.7 cm³/mol. The van der Waals surface area contributed by atoms with Gasteiger partial charge >= 0.3 is 0 Å². The third-order valence-corrected chi connectivity index (χ3v) is 4.06. The van der Waals surface area contributed by atoms with Gasteiger partial charge in [0.2, 0.25) is 0 Å². The molecular weight excluding hydrogens is 254 g/mol. The van der Waals surface area contributed by atoms with Crippen molar-refractivity contribution in [1.29, 1.82) is 0 Å². The zero-order valence-electron chi connectivity index (χ0n) is 11.2. The highest BCUT2D eigenvalue weighted by molar-refractivity contribution is 5.38. The van der Waals surface area contributed by atoms with E-state index in [1.165, 1.54) is 5.56 Å². The minimum atomic E-state index is -0.0338. The van der Waals surface area contributed by atoms with Gasteiger partial charge in [-0.05, 0) is 24.5 Å². The van der Waals surface area contributed by atoms with Crippen LogP contribution < -0.4 is 4.74 Å². The minimum absolute atomic E-state index is 0.0338. The molecule has 1 saturated heterocycles. The number of para-hydroxylation sites is 1. The molecule has 2 aromatic rings. The second-order valence-corrected chi connectivity index (χ2v) is 5.38. The summed E-state index contributed by atoms with van der Waals surface area (Å²) in [6.45, 7) is 1.61. The summed E-state index contributed by atoms with van der Waals surface area (Å²) in [5, 5.41) is 7.43. The van der Waals surface area contributed by atoms with Crippen LogP contribution in [-0.2, 0) is 11.2 Å². The molecule has 0 amide bonds. The van der Waals surface area contributed by atoms with Crippen molar-refractivity contribution in [3.05, 3.63) is 41.5 Å². The topological polar surface area (TPSA) is 60.0 Å². The molecule has 2 aliphatic rings. The van der Waals surface area contributed by atoms with Crippen molar-refractivity contribution in [1.82, 2.24) is 15.2 Å². The molecule has 0 spiro atoms. The number of hydrogen-bond donors (Lipinski definition) is 1. The molecule has 0 unspecified atom stereocenters. The van der Waals surface area contributed by atoms with Crippen LogP contribution in [0.15, 0.2) is 24.3 Å². The van der Waals surface area contributed by atoms with Crippen LogP contribution in [0.3, 0.4) is 0 Å². The Labute approximate surface area is 117 Å². The highest BCUT2D eigenvalue weighted by Crippen LogP contribution is 2.35. The van der Waals surface area contributed by atoms with Gasteiger partial charge in [0.1, 0.15) is 5.75 Å². The molecule has 1 N–H and O–H groups in total. The Hall–Kier alpha value is -1.88. The lowest BCUT2D eigenvalue weighted by Gasteiger charge is -2.18. The quantitative estimate of drug-likeness (QED) is 0.911. The number of H-pyrrole nitrogens is 1. The van der Waals surface area contributed by atoms with E-state index in [-0.39, 0.29) is 6.10 Å². The maximum atomic E-state index is 5.94. The van der Waals surface area contributed by atoms with Crippen molar-refractivity contribution in [2.24, 2.45) is 0 Å². The molecule has 1 aromatic carbocycles. The maximum Gasteiger partial charge on any atom is 0.166 e. The van der Waals surface area contributed by atoms with Gasteiger partial charge in [-0.1, -0.05) is 18.2 Å². The lowest BCUT2D eigenvalue weighted by molar-refractivity contribution is 0.0836. The van der Waals surface area contributed by atoms with Gasteiger partial charge in [-0.2, -0.15) is 5.10 Å². The van der Waals surface area contributed by atoms with Crippen LogP contribution in [0.2, 0.25) is 0 Å². The van der Waals surface area contributed by atoms with Gasteiger partial charge in [-0.15, -0.1) is 0 Å². The largest absolute Gasteiger partial charge is 0.482 e. The number of fused-ring (bicyclic) bond motifs is 1. The number of rotatable bonds is 2. The zero-order chi connectivity index (χ0) is 13.4. The molecule has 1 atom stereocenters. The Morgan fingerprint density at radius 1 is 1.15 bits per heavy atom. The highest BCUT2D eigenvalue weighted by atomic mass is 16.5. The van der Waals surface area contributed by atoms with E-state index in [1.807, 2.05) is 18.2 Å². The lowest BCUT2D eigenvalue weighted by atomic mass is 10.00. The van der Waals surface area contributed by atoms with Crippen LogP contribution >= 0.6 is 0 Å².